The summed E-state index contributed by atoms with van der Waals surface area (Å²) in [5.74, 6) is -2.50. The van der Waals surface area contributed by atoms with Crippen LogP contribution >= 0.6 is 11.8 Å². The minimum absolute atomic E-state index is 0.240. The van der Waals surface area contributed by atoms with E-state index < -0.39 is 41.8 Å². The number of carbonyl (C=O) groups excluding carboxylic acids is 3. The highest BCUT2D eigenvalue weighted by Crippen LogP contribution is 2.06. The van der Waals surface area contributed by atoms with Gasteiger partial charge in [-0.3, -0.25) is 14.4 Å². The third-order valence-electron chi connectivity index (χ3n) is 3.64. The van der Waals surface area contributed by atoms with Crippen molar-refractivity contribution in [2.75, 3.05) is 18.6 Å². The van der Waals surface area contributed by atoms with Gasteiger partial charge in [0.15, 0.2) is 0 Å². The van der Waals surface area contributed by atoms with Gasteiger partial charge >= 0.3 is 5.97 Å². The molecule has 1 aliphatic heterocycles. The highest BCUT2D eigenvalue weighted by atomic mass is 32.2. The lowest BCUT2D eigenvalue weighted by Gasteiger charge is -2.22. The van der Waals surface area contributed by atoms with E-state index in [2.05, 4.69) is 16.0 Å². The van der Waals surface area contributed by atoms with Gasteiger partial charge in [0.2, 0.25) is 17.7 Å². The van der Waals surface area contributed by atoms with E-state index in [1.165, 1.54) is 11.8 Å². The summed E-state index contributed by atoms with van der Waals surface area (Å²) in [4.78, 5) is 46.8. The molecule has 1 fully saturated rings. The van der Waals surface area contributed by atoms with E-state index in [1.807, 2.05) is 6.26 Å². The average molecular weight is 360 g/mol. The van der Waals surface area contributed by atoms with E-state index >= 15 is 0 Å². The Morgan fingerprint density at radius 3 is 2.50 bits per heavy atom. The lowest BCUT2D eigenvalue weighted by atomic mass is 10.1. The smallest absolute Gasteiger partial charge is 0.326 e. The molecule has 6 N–H and O–H groups in total. The Kier molecular flexibility index (Phi) is 8.55. The van der Waals surface area contributed by atoms with Crippen LogP contribution in [0.25, 0.3) is 0 Å². The van der Waals surface area contributed by atoms with E-state index in [1.54, 1.807) is 0 Å². The normalized spacial score (nSPS) is 19.3. The molecule has 1 aliphatic rings. The molecule has 1 rings (SSSR count). The Morgan fingerprint density at radius 1 is 1.29 bits per heavy atom. The standard InChI is InChI=1S/C14H24N4O5S/c1-24-6-4-9(14(22)23)17-13(21)10(7-11(15)19)18-12(20)8-3-2-5-16-8/h8-10,16H,2-7H2,1H3,(H2,15,19)(H,17,21)(H,18,20)(H,22,23)/t8-,9-,10-/m0/s1. The quantitative estimate of drug-likeness (QED) is 0.315. The molecule has 1 saturated heterocycles. The van der Waals surface area contributed by atoms with E-state index in [9.17, 15) is 19.2 Å². The summed E-state index contributed by atoms with van der Waals surface area (Å²) in [5, 5.41) is 17.0. The average Bonchev–Trinajstić information content (AvgIpc) is 3.04. The summed E-state index contributed by atoms with van der Waals surface area (Å²) in [6.45, 7) is 0.709. The Bertz CT molecular complexity index is 482. The molecule has 0 aliphatic carbocycles. The van der Waals surface area contributed by atoms with Gasteiger partial charge in [0.25, 0.3) is 0 Å². The molecule has 3 atom stereocenters. The number of carboxylic acids is 1. The SMILES string of the molecule is CSCC[C@H](NC(=O)[C@H](CC(N)=O)NC(=O)[C@@H]1CCCN1)C(=O)O. The molecular weight excluding hydrogens is 336 g/mol. The molecule has 136 valence electrons. The number of nitrogens with one attached hydrogen (secondary N) is 3. The van der Waals surface area contributed by atoms with Gasteiger partial charge in [-0.1, -0.05) is 0 Å². The molecule has 0 radical (unpaired) electrons. The van der Waals surface area contributed by atoms with Gasteiger partial charge in [-0.05, 0) is 37.8 Å². The lowest BCUT2D eigenvalue weighted by molar-refractivity contribution is -0.142. The van der Waals surface area contributed by atoms with Gasteiger partial charge in [-0.15, -0.1) is 0 Å². The number of thioether (sulfide) groups is 1. The van der Waals surface area contributed by atoms with Crippen LogP contribution in [0.15, 0.2) is 0 Å². The molecular formula is C14H24N4O5S. The van der Waals surface area contributed by atoms with Crippen molar-refractivity contribution in [2.24, 2.45) is 5.73 Å². The molecule has 0 aromatic carbocycles. The van der Waals surface area contributed by atoms with Crippen LogP contribution in [0.5, 0.6) is 0 Å². The monoisotopic (exact) mass is 360 g/mol. The summed E-state index contributed by atoms with van der Waals surface area (Å²) in [6.07, 6.45) is 3.16. The number of hydrogen-bond donors (Lipinski definition) is 5. The van der Waals surface area contributed by atoms with Gasteiger partial charge in [-0.2, -0.15) is 11.8 Å². The minimum Gasteiger partial charge on any atom is -0.480 e. The van der Waals surface area contributed by atoms with E-state index in [4.69, 9.17) is 10.8 Å². The first-order valence-electron chi connectivity index (χ1n) is 7.69. The first kappa shape index (κ1) is 20.2. The number of aliphatic carboxylic acids is 1. The van der Waals surface area contributed by atoms with Crippen molar-refractivity contribution >= 4 is 35.5 Å². The fourth-order valence-corrected chi connectivity index (χ4v) is 2.83. The number of carbonyl (C=O) groups is 4. The molecule has 0 bridgehead atoms. The predicted molar refractivity (Wildman–Crippen MR) is 89.3 cm³/mol. The second-order valence-electron chi connectivity index (χ2n) is 5.56. The van der Waals surface area contributed by atoms with Gasteiger partial charge in [0, 0.05) is 0 Å². The van der Waals surface area contributed by atoms with Crippen molar-refractivity contribution in [3.63, 3.8) is 0 Å². The van der Waals surface area contributed by atoms with Crippen LogP contribution in [0.4, 0.5) is 0 Å². The topological polar surface area (TPSA) is 151 Å². The van der Waals surface area contributed by atoms with Gasteiger partial charge in [0.05, 0.1) is 12.5 Å². The molecule has 0 saturated carbocycles. The van der Waals surface area contributed by atoms with Crippen LogP contribution in [0.3, 0.4) is 0 Å². The summed E-state index contributed by atoms with van der Waals surface area (Å²) in [7, 11) is 0. The largest absolute Gasteiger partial charge is 0.480 e. The number of primary amides is 1. The highest BCUT2D eigenvalue weighted by Gasteiger charge is 2.30. The van der Waals surface area contributed by atoms with Gasteiger partial charge in [0.1, 0.15) is 12.1 Å². The van der Waals surface area contributed by atoms with E-state index in [0.29, 0.717) is 18.7 Å². The van der Waals surface area contributed by atoms with Crippen LogP contribution in [0.1, 0.15) is 25.7 Å². The number of nitrogens with two attached hydrogens (primary N) is 1. The maximum absolute atomic E-state index is 12.3. The zero-order valence-electron chi connectivity index (χ0n) is 13.5. The first-order valence-corrected chi connectivity index (χ1v) is 9.08. The van der Waals surface area contributed by atoms with Crippen LogP contribution < -0.4 is 21.7 Å². The summed E-state index contributed by atoms with van der Waals surface area (Å²) < 4.78 is 0. The fourth-order valence-electron chi connectivity index (χ4n) is 2.36. The third-order valence-corrected chi connectivity index (χ3v) is 4.28. The highest BCUT2D eigenvalue weighted by molar-refractivity contribution is 7.98. The number of amides is 3. The second-order valence-corrected chi connectivity index (χ2v) is 6.55. The molecule has 3 amide bonds. The van der Waals surface area contributed by atoms with Crippen molar-refractivity contribution < 1.29 is 24.3 Å². The maximum atomic E-state index is 12.3. The van der Waals surface area contributed by atoms with E-state index in [-0.39, 0.29) is 12.8 Å². The Labute approximate surface area is 144 Å². The molecule has 0 spiro atoms. The van der Waals surface area contributed by atoms with E-state index in [0.717, 1.165) is 6.42 Å². The van der Waals surface area contributed by atoms with Gasteiger partial charge < -0.3 is 26.8 Å². The van der Waals surface area contributed by atoms with Crippen molar-refractivity contribution in [2.45, 2.75) is 43.8 Å². The molecule has 1 heterocycles. The molecule has 9 nitrogen and oxygen atoms in total. The van der Waals surface area contributed by atoms with Crippen LogP contribution in [-0.2, 0) is 19.2 Å². The zero-order valence-corrected chi connectivity index (χ0v) is 14.4. The Balaban J connectivity index is 2.70. The molecule has 24 heavy (non-hydrogen) atoms. The molecule has 0 unspecified atom stereocenters. The fraction of sp³-hybridized carbons (Fsp3) is 0.714. The summed E-state index contributed by atoms with van der Waals surface area (Å²) in [5.41, 5.74) is 5.13. The Morgan fingerprint density at radius 2 is 2.00 bits per heavy atom. The van der Waals surface area contributed by atoms with Crippen LogP contribution in [0, 0.1) is 0 Å². The third kappa shape index (κ3) is 6.75. The predicted octanol–water partition coefficient (Wildman–Crippen LogP) is -1.58. The molecule has 10 heteroatoms. The molecule has 0 aromatic heterocycles. The minimum atomic E-state index is -1.19. The summed E-state index contributed by atoms with van der Waals surface area (Å²) in [6, 6.07) is -2.68. The maximum Gasteiger partial charge on any atom is 0.326 e. The number of rotatable bonds is 10. The van der Waals surface area contributed by atoms with Crippen LogP contribution in [0.2, 0.25) is 0 Å². The number of hydrogen-bond acceptors (Lipinski definition) is 6. The lowest BCUT2D eigenvalue weighted by Crippen LogP contribution is -2.55. The first-order chi connectivity index (χ1) is 11.3. The Hall–Kier alpha value is -1.81. The van der Waals surface area contributed by atoms with Crippen molar-refractivity contribution in [3.05, 3.63) is 0 Å². The van der Waals surface area contributed by atoms with Gasteiger partial charge in [-0.25, -0.2) is 4.79 Å². The van der Waals surface area contributed by atoms with Crippen LogP contribution in [-0.4, -0.2) is 65.5 Å². The van der Waals surface area contributed by atoms with Crippen molar-refractivity contribution in [3.8, 4) is 0 Å². The van der Waals surface area contributed by atoms with Crippen molar-refractivity contribution in [1.82, 2.24) is 16.0 Å². The van der Waals surface area contributed by atoms with Crippen molar-refractivity contribution in [1.29, 1.82) is 0 Å². The second kappa shape index (κ2) is 10.1. The zero-order chi connectivity index (χ0) is 18.1. The number of carboxylic acid groups (broad SMARTS) is 1. The summed E-state index contributed by atoms with van der Waals surface area (Å²) >= 11 is 1.45. The molecule has 0 aromatic rings.